The van der Waals surface area contributed by atoms with E-state index in [1.165, 1.54) is 14.0 Å². The molecule has 0 amide bonds. The zero-order chi connectivity index (χ0) is 13.2. The number of aromatic nitrogens is 2. The molecule has 1 N–H and O–H groups in total. The van der Waals surface area contributed by atoms with Gasteiger partial charge in [0.1, 0.15) is 5.69 Å². The molecule has 0 aliphatic heterocycles. The smallest absolute Gasteiger partial charge is 0.342 e. The van der Waals surface area contributed by atoms with Gasteiger partial charge in [-0.15, -0.1) is 0 Å². The highest BCUT2D eigenvalue weighted by Crippen LogP contribution is 2.23. The van der Waals surface area contributed by atoms with Crippen molar-refractivity contribution in [2.24, 2.45) is 0 Å². The van der Waals surface area contributed by atoms with Crippen LogP contribution in [0.15, 0.2) is 42.6 Å². The van der Waals surface area contributed by atoms with E-state index in [2.05, 4.69) is 5.10 Å². The highest BCUT2D eigenvalue weighted by Gasteiger charge is 2.37. The van der Waals surface area contributed by atoms with E-state index < -0.39 is 11.6 Å². The fourth-order valence-electron chi connectivity index (χ4n) is 1.60. The third-order valence-electron chi connectivity index (χ3n) is 2.91. The van der Waals surface area contributed by atoms with Crippen LogP contribution in [0.3, 0.4) is 0 Å². The SMILES string of the molecule is COC(C)(C(=O)O)c1ccn(-c2ccccc2)n1. The third-order valence-corrected chi connectivity index (χ3v) is 2.91. The zero-order valence-corrected chi connectivity index (χ0v) is 10.2. The first kappa shape index (κ1) is 12.3. The number of rotatable bonds is 4. The monoisotopic (exact) mass is 246 g/mol. The van der Waals surface area contributed by atoms with Crippen molar-refractivity contribution in [3.63, 3.8) is 0 Å². The maximum atomic E-state index is 11.2. The Bertz CT molecular complexity index is 550. The normalized spacial score (nSPS) is 14.1. The Morgan fingerprint density at radius 2 is 2.00 bits per heavy atom. The number of benzene rings is 1. The molecule has 2 rings (SSSR count). The molecule has 1 aromatic heterocycles. The summed E-state index contributed by atoms with van der Waals surface area (Å²) in [5, 5.41) is 13.4. The van der Waals surface area contributed by atoms with Gasteiger partial charge in [-0.05, 0) is 25.1 Å². The van der Waals surface area contributed by atoms with Crippen molar-refractivity contribution in [1.82, 2.24) is 9.78 Å². The minimum absolute atomic E-state index is 0.362. The Balaban J connectivity index is 2.40. The lowest BCUT2D eigenvalue weighted by atomic mass is 10.0. The Hall–Kier alpha value is -2.14. The summed E-state index contributed by atoms with van der Waals surface area (Å²) in [4.78, 5) is 11.2. The molecular formula is C13H14N2O3. The average Bonchev–Trinajstić information content (AvgIpc) is 2.88. The van der Waals surface area contributed by atoms with Crippen LogP contribution in [-0.4, -0.2) is 28.0 Å². The molecule has 1 heterocycles. The van der Waals surface area contributed by atoms with Crippen molar-refractivity contribution in [2.75, 3.05) is 7.11 Å². The summed E-state index contributed by atoms with van der Waals surface area (Å²) < 4.78 is 6.68. The van der Waals surface area contributed by atoms with Crippen LogP contribution >= 0.6 is 0 Å². The number of carbonyl (C=O) groups is 1. The first-order valence-corrected chi connectivity index (χ1v) is 5.48. The molecule has 0 saturated carbocycles. The van der Waals surface area contributed by atoms with Crippen molar-refractivity contribution < 1.29 is 14.6 Å². The van der Waals surface area contributed by atoms with Gasteiger partial charge in [-0.2, -0.15) is 5.10 Å². The number of ether oxygens (including phenoxy) is 1. The van der Waals surface area contributed by atoms with Gasteiger partial charge in [0, 0.05) is 13.3 Å². The lowest BCUT2D eigenvalue weighted by Gasteiger charge is -2.20. The number of aliphatic carboxylic acids is 1. The van der Waals surface area contributed by atoms with Gasteiger partial charge in [0.05, 0.1) is 5.69 Å². The molecule has 0 aliphatic carbocycles. The van der Waals surface area contributed by atoms with E-state index in [0.29, 0.717) is 5.69 Å². The number of carboxylic acids is 1. The molecule has 0 radical (unpaired) electrons. The van der Waals surface area contributed by atoms with Gasteiger partial charge in [-0.1, -0.05) is 18.2 Å². The van der Waals surface area contributed by atoms with Crippen LogP contribution in [0.5, 0.6) is 0 Å². The molecule has 94 valence electrons. The Morgan fingerprint density at radius 1 is 1.33 bits per heavy atom. The van der Waals surface area contributed by atoms with E-state index in [1.807, 2.05) is 30.3 Å². The van der Waals surface area contributed by atoms with E-state index in [9.17, 15) is 9.90 Å². The summed E-state index contributed by atoms with van der Waals surface area (Å²) in [6.45, 7) is 1.48. The lowest BCUT2D eigenvalue weighted by Crippen LogP contribution is -2.34. The van der Waals surface area contributed by atoms with E-state index in [4.69, 9.17) is 4.74 Å². The van der Waals surface area contributed by atoms with Crippen LogP contribution in [0.4, 0.5) is 0 Å². The standard InChI is InChI=1S/C13H14N2O3/c1-13(18-2,12(16)17)11-8-9-15(14-11)10-6-4-3-5-7-10/h3-9H,1-2H3,(H,16,17). The maximum absolute atomic E-state index is 11.2. The largest absolute Gasteiger partial charge is 0.479 e. The highest BCUT2D eigenvalue weighted by atomic mass is 16.5. The van der Waals surface area contributed by atoms with Gasteiger partial charge in [-0.3, -0.25) is 0 Å². The van der Waals surface area contributed by atoms with Crippen molar-refractivity contribution in [3.05, 3.63) is 48.3 Å². The van der Waals surface area contributed by atoms with Crippen molar-refractivity contribution in [1.29, 1.82) is 0 Å². The van der Waals surface area contributed by atoms with E-state index >= 15 is 0 Å². The first-order chi connectivity index (χ1) is 8.58. The van der Waals surface area contributed by atoms with E-state index in [1.54, 1.807) is 16.9 Å². The summed E-state index contributed by atoms with van der Waals surface area (Å²) in [5.41, 5.74) is -0.200. The molecule has 2 aromatic rings. The highest BCUT2D eigenvalue weighted by molar-refractivity contribution is 5.78. The topological polar surface area (TPSA) is 64.3 Å². The summed E-state index contributed by atoms with van der Waals surface area (Å²) in [7, 11) is 1.36. The number of nitrogens with zero attached hydrogens (tertiary/aromatic N) is 2. The van der Waals surface area contributed by atoms with Crippen molar-refractivity contribution in [2.45, 2.75) is 12.5 Å². The minimum atomic E-state index is -1.43. The predicted octanol–water partition coefficient (Wildman–Crippen LogP) is 1.82. The van der Waals surface area contributed by atoms with Crippen LogP contribution in [0, 0.1) is 0 Å². The molecule has 0 spiro atoms. The van der Waals surface area contributed by atoms with Crippen LogP contribution < -0.4 is 0 Å². The Morgan fingerprint density at radius 3 is 2.56 bits per heavy atom. The second-order valence-electron chi connectivity index (χ2n) is 4.02. The van der Waals surface area contributed by atoms with Gasteiger partial charge in [0.2, 0.25) is 5.60 Å². The molecule has 0 saturated heterocycles. The number of hydrogen-bond acceptors (Lipinski definition) is 3. The summed E-state index contributed by atoms with van der Waals surface area (Å²) in [6.07, 6.45) is 1.71. The molecule has 0 bridgehead atoms. The molecular weight excluding hydrogens is 232 g/mol. The molecule has 1 atom stereocenters. The molecule has 0 fully saturated rings. The maximum Gasteiger partial charge on any atom is 0.342 e. The second kappa shape index (κ2) is 4.62. The van der Waals surface area contributed by atoms with Gasteiger partial charge < -0.3 is 9.84 Å². The average molecular weight is 246 g/mol. The van der Waals surface area contributed by atoms with Gasteiger partial charge in [0.25, 0.3) is 0 Å². The van der Waals surface area contributed by atoms with Crippen LogP contribution in [-0.2, 0) is 15.1 Å². The fourth-order valence-corrected chi connectivity index (χ4v) is 1.60. The quantitative estimate of drug-likeness (QED) is 0.893. The van der Waals surface area contributed by atoms with Crippen molar-refractivity contribution >= 4 is 5.97 Å². The summed E-state index contributed by atoms with van der Waals surface area (Å²) in [5.74, 6) is -1.07. The Kier molecular flexibility index (Phi) is 3.16. The Labute approximate surface area is 105 Å². The van der Waals surface area contributed by atoms with E-state index in [0.717, 1.165) is 5.69 Å². The van der Waals surface area contributed by atoms with Crippen molar-refractivity contribution in [3.8, 4) is 5.69 Å². The summed E-state index contributed by atoms with van der Waals surface area (Å²) >= 11 is 0. The number of para-hydroxylation sites is 1. The second-order valence-corrected chi connectivity index (χ2v) is 4.02. The molecule has 18 heavy (non-hydrogen) atoms. The van der Waals surface area contributed by atoms with Gasteiger partial charge >= 0.3 is 5.97 Å². The fraction of sp³-hybridized carbons (Fsp3) is 0.231. The number of carboxylic acid groups (broad SMARTS) is 1. The number of methoxy groups -OCH3 is 1. The molecule has 1 unspecified atom stereocenters. The van der Waals surface area contributed by atoms with Crippen LogP contribution in [0.2, 0.25) is 0 Å². The van der Waals surface area contributed by atoms with Gasteiger partial charge in [0.15, 0.2) is 0 Å². The van der Waals surface area contributed by atoms with E-state index in [-0.39, 0.29) is 0 Å². The molecule has 1 aromatic carbocycles. The number of hydrogen-bond donors (Lipinski definition) is 1. The third kappa shape index (κ3) is 2.00. The minimum Gasteiger partial charge on any atom is -0.479 e. The molecule has 5 nitrogen and oxygen atoms in total. The molecule has 5 heteroatoms. The predicted molar refractivity (Wildman–Crippen MR) is 65.6 cm³/mol. The summed E-state index contributed by atoms with van der Waals surface area (Å²) in [6, 6.07) is 11.1. The first-order valence-electron chi connectivity index (χ1n) is 5.48. The van der Waals surface area contributed by atoms with Gasteiger partial charge in [-0.25, -0.2) is 9.48 Å². The van der Waals surface area contributed by atoms with Crippen LogP contribution in [0.1, 0.15) is 12.6 Å². The zero-order valence-electron chi connectivity index (χ0n) is 10.2. The lowest BCUT2D eigenvalue weighted by molar-refractivity contribution is -0.161. The van der Waals surface area contributed by atoms with Crippen LogP contribution in [0.25, 0.3) is 5.69 Å². The molecule has 0 aliphatic rings.